The highest BCUT2D eigenvalue weighted by atomic mass is 16.6. The highest BCUT2D eigenvalue weighted by Gasteiger charge is 2.30. The number of carbonyl (C=O) groups excluding carboxylic acids is 3. The van der Waals surface area contributed by atoms with E-state index in [1.807, 2.05) is 20.8 Å². The summed E-state index contributed by atoms with van der Waals surface area (Å²) >= 11 is 0. The first-order valence-electron chi connectivity index (χ1n) is 9.56. The lowest BCUT2D eigenvalue weighted by Crippen LogP contribution is -2.43. The molecule has 28 heavy (non-hydrogen) atoms. The van der Waals surface area contributed by atoms with Crippen LogP contribution in [0.25, 0.3) is 0 Å². The van der Waals surface area contributed by atoms with Crippen molar-refractivity contribution in [1.82, 2.24) is 4.90 Å². The highest BCUT2D eigenvalue weighted by Crippen LogP contribution is 2.24. The third-order valence-corrected chi connectivity index (χ3v) is 4.72. The Bertz CT molecular complexity index is 733. The maximum atomic E-state index is 12.5. The molecule has 2 fully saturated rings. The van der Waals surface area contributed by atoms with Crippen LogP contribution in [-0.4, -0.2) is 54.8 Å². The third-order valence-electron chi connectivity index (χ3n) is 4.72. The minimum absolute atomic E-state index is 0.0582. The van der Waals surface area contributed by atoms with E-state index < -0.39 is 5.60 Å². The van der Waals surface area contributed by atoms with Gasteiger partial charge in [-0.3, -0.25) is 9.69 Å². The van der Waals surface area contributed by atoms with Gasteiger partial charge in [0.25, 0.3) is 0 Å². The lowest BCUT2D eigenvalue weighted by molar-refractivity contribution is -0.121. The molecule has 8 nitrogen and oxygen atoms in total. The van der Waals surface area contributed by atoms with E-state index in [-0.39, 0.29) is 24.0 Å². The summed E-state index contributed by atoms with van der Waals surface area (Å²) in [7, 11) is 0. The number of hydrogen-bond acceptors (Lipinski definition) is 5. The quantitative estimate of drug-likeness (QED) is 0.857. The fourth-order valence-corrected chi connectivity index (χ4v) is 3.25. The Morgan fingerprint density at radius 3 is 2.29 bits per heavy atom. The van der Waals surface area contributed by atoms with Gasteiger partial charge in [0.05, 0.1) is 6.54 Å². The van der Waals surface area contributed by atoms with Gasteiger partial charge in [0.1, 0.15) is 12.2 Å². The molecule has 2 aliphatic heterocycles. The van der Waals surface area contributed by atoms with Crippen LogP contribution in [0, 0.1) is 5.92 Å². The van der Waals surface area contributed by atoms with Gasteiger partial charge in [-0.15, -0.1) is 0 Å². The number of benzene rings is 1. The number of nitrogens with zero attached hydrogens (tertiary/aromatic N) is 2. The predicted octanol–water partition coefficient (Wildman–Crippen LogP) is 3.23. The predicted molar refractivity (Wildman–Crippen MR) is 104 cm³/mol. The summed E-state index contributed by atoms with van der Waals surface area (Å²) in [5.74, 6) is -0.205. The van der Waals surface area contributed by atoms with Crippen molar-refractivity contribution in [2.75, 3.05) is 36.5 Å². The largest absolute Gasteiger partial charge is 0.447 e. The number of rotatable bonds is 3. The molecule has 0 aliphatic carbocycles. The van der Waals surface area contributed by atoms with Crippen LogP contribution in [0.2, 0.25) is 0 Å². The number of amides is 3. The second kappa shape index (κ2) is 8.08. The maximum Gasteiger partial charge on any atom is 0.414 e. The summed E-state index contributed by atoms with van der Waals surface area (Å²) in [5, 5.41) is 2.91. The van der Waals surface area contributed by atoms with Gasteiger partial charge in [-0.25, -0.2) is 9.59 Å². The Labute approximate surface area is 164 Å². The summed E-state index contributed by atoms with van der Waals surface area (Å²) in [6.07, 6.45) is 0.516. The van der Waals surface area contributed by atoms with Gasteiger partial charge in [0.2, 0.25) is 5.91 Å². The molecule has 0 aromatic heterocycles. The first-order valence-corrected chi connectivity index (χ1v) is 9.56. The van der Waals surface area contributed by atoms with Crippen molar-refractivity contribution in [1.29, 1.82) is 0 Å². The smallest absolute Gasteiger partial charge is 0.414 e. The standard InChI is InChI=1S/C20H27N3O5/c1-20(2,3)28-18(25)22-10-8-14(9-11-22)17(24)21-15-4-6-16(7-5-15)23-12-13-27-19(23)26/h4-7,14H,8-13H2,1-3H3,(H,21,24). The average Bonchev–Trinajstić information content (AvgIpc) is 3.07. The lowest BCUT2D eigenvalue weighted by Gasteiger charge is -2.32. The molecule has 0 bridgehead atoms. The van der Waals surface area contributed by atoms with Gasteiger partial charge >= 0.3 is 12.2 Å². The Kier molecular flexibility index (Phi) is 5.76. The second-order valence-electron chi connectivity index (χ2n) is 8.04. The van der Waals surface area contributed by atoms with Crippen LogP contribution < -0.4 is 10.2 Å². The third kappa shape index (κ3) is 4.94. The van der Waals surface area contributed by atoms with Crippen molar-refractivity contribution in [2.24, 2.45) is 5.92 Å². The van der Waals surface area contributed by atoms with Crippen molar-refractivity contribution in [3.05, 3.63) is 24.3 Å². The molecule has 2 saturated heterocycles. The fourth-order valence-electron chi connectivity index (χ4n) is 3.25. The molecule has 1 N–H and O–H groups in total. The minimum atomic E-state index is -0.525. The van der Waals surface area contributed by atoms with Crippen molar-refractivity contribution < 1.29 is 23.9 Å². The van der Waals surface area contributed by atoms with E-state index in [9.17, 15) is 14.4 Å². The van der Waals surface area contributed by atoms with Gasteiger partial charge in [-0.1, -0.05) is 0 Å². The van der Waals surface area contributed by atoms with Crippen LogP contribution in [0.5, 0.6) is 0 Å². The number of carbonyl (C=O) groups is 3. The number of likely N-dealkylation sites (tertiary alicyclic amines) is 1. The summed E-state index contributed by atoms with van der Waals surface area (Å²) in [6, 6.07) is 7.12. The molecule has 0 unspecified atom stereocenters. The number of piperidine rings is 1. The molecule has 2 aliphatic rings. The molecule has 152 valence electrons. The number of ether oxygens (including phenoxy) is 2. The van der Waals surface area contributed by atoms with E-state index in [2.05, 4.69) is 5.32 Å². The molecular formula is C20H27N3O5. The molecule has 3 rings (SSSR count). The zero-order valence-corrected chi connectivity index (χ0v) is 16.6. The van der Waals surface area contributed by atoms with Crippen LogP contribution in [0.4, 0.5) is 21.0 Å². The van der Waals surface area contributed by atoms with E-state index in [0.717, 1.165) is 5.69 Å². The Morgan fingerprint density at radius 1 is 1.11 bits per heavy atom. The summed E-state index contributed by atoms with van der Waals surface area (Å²) in [5.41, 5.74) is 0.894. The van der Waals surface area contributed by atoms with Gasteiger partial charge in [0.15, 0.2) is 0 Å². The Morgan fingerprint density at radius 2 is 1.75 bits per heavy atom. The number of hydrogen-bond donors (Lipinski definition) is 1. The molecule has 1 aromatic carbocycles. The van der Waals surface area contributed by atoms with Crippen LogP contribution in [0.3, 0.4) is 0 Å². The lowest BCUT2D eigenvalue weighted by atomic mass is 9.96. The number of anilines is 2. The Balaban J connectivity index is 1.49. The fraction of sp³-hybridized carbons (Fsp3) is 0.550. The van der Waals surface area contributed by atoms with Crippen LogP contribution in [-0.2, 0) is 14.3 Å². The van der Waals surface area contributed by atoms with Gasteiger partial charge in [0, 0.05) is 30.4 Å². The average molecular weight is 389 g/mol. The Hall–Kier alpha value is -2.77. The first kappa shape index (κ1) is 20.0. The van der Waals surface area contributed by atoms with Crippen LogP contribution in [0.15, 0.2) is 24.3 Å². The molecule has 2 heterocycles. The minimum Gasteiger partial charge on any atom is -0.447 e. The number of cyclic esters (lactones) is 1. The van der Waals surface area contributed by atoms with E-state index in [1.54, 1.807) is 34.1 Å². The first-order chi connectivity index (χ1) is 13.2. The van der Waals surface area contributed by atoms with Crippen LogP contribution in [0.1, 0.15) is 33.6 Å². The monoisotopic (exact) mass is 389 g/mol. The molecular weight excluding hydrogens is 362 g/mol. The van der Waals surface area contributed by atoms with Gasteiger partial charge in [-0.05, 0) is 57.9 Å². The van der Waals surface area contributed by atoms with Crippen molar-refractivity contribution >= 4 is 29.5 Å². The molecule has 1 aromatic rings. The molecule has 3 amide bonds. The molecule has 0 radical (unpaired) electrons. The zero-order chi connectivity index (χ0) is 20.3. The number of nitrogens with one attached hydrogen (secondary N) is 1. The van der Waals surface area contributed by atoms with E-state index in [0.29, 0.717) is 44.8 Å². The normalized spacial score (nSPS) is 18.0. The molecule has 0 saturated carbocycles. The highest BCUT2D eigenvalue weighted by molar-refractivity contribution is 5.94. The second-order valence-corrected chi connectivity index (χ2v) is 8.04. The molecule has 8 heteroatoms. The SMILES string of the molecule is CC(C)(C)OC(=O)N1CCC(C(=O)Nc2ccc(N3CCOC3=O)cc2)CC1. The van der Waals surface area contributed by atoms with E-state index in [4.69, 9.17) is 9.47 Å². The summed E-state index contributed by atoms with van der Waals surface area (Å²) in [6.45, 7) is 7.43. The van der Waals surface area contributed by atoms with Crippen molar-refractivity contribution in [3.63, 3.8) is 0 Å². The summed E-state index contributed by atoms with van der Waals surface area (Å²) in [4.78, 5) is 39.4. The maximum absolute atomic E-state index is 12.5. The van der Waals surface area contributed by atoms with Crippen LogP contribution >= 0.6 is 0 Å². The summed E-state index contributed by atoms with van der Waals surface area (Å²) < 4.78 is 10.3. The van der Waals surface area contributed by atoms with Gasteiger partial charge < -0.3 is 19.7 Å². The molecule has 0 atom stereocenters. The zero-order valence-electron chi connectivity index (χ0n) is 16.6. The van der Waals surface area contributed by atoms with E-state index >= 15 is 0 Å². The molecule has 0 spiro atoms. The van der Waals surface area contributed by atoms with E-state index in [1.165, 1.54) is 0 Å². The van der Waals surface area contributed by atoms with Crippen molar-refractivity contribution in [2.45, 2.75) is 39.2 Å². The van der Waals surface area contributed by atoms with Gasteiger partial charge in [-0.2, -0.15) is 0 Å². The topological polar surface area (TPSA) is 88.2 Å². The van der Waals surface area contributed by atoms with Crippen molar-refractivity contribution in [3.8, 4) is 0 Å².